The highest BCUT2D eigenvalue weighted by atomic mass is 35.5. The highest BCUT2D eigenvalue weighted by Gasteiger charge is 2.21. The van der Waals surface area contributed by atoms with Crippen LogP contribution in [0.4, 0.5) is 0 Å². The van der Waals surface area contributed by atoms with Gasteiger partial charge in [0, 0.05) is 0 Å². The maximum Gasteiger partial charge on any atom is 0.338 e. The third-order valence-electron chi connectivity index (χ3n) is 3.49. The lowest BCUT2D eigenvalue weighted by Crippen LogP contribution is -2.20. The molecule has 1 saturated carbocycles. The van der Waals surface area contributed by atoms with Gasteiger partial charge >= 0.3 is 5.97 Å². The van der Waals surface area contributed by atoms with E-state index in [2.05, 4.69) is 4.74 Å². The molecule has 20 heavy (non-hydrogen) atoms. The molecule has 1 aliphatic carbocycles. The number of hydrogen-bond acceptors (Lipinski definition) is 4. The van der Waals surface area contributed by atoms with Gasteiger partial charge in [-0.3, -0.25) is 0 Å². The van der Waals surface area contributed by atoms with Crippen LogP contribution in [0.2, 0.25) is 5.02 Å². The Morgan fingerprint density at radius 2 is 1.90 bits per heavy atom. The lowest BCUT2D eigenvalue weighted by molar-refractivity contribution is 0.0600. The summed E-state index contributed by atoms with van der Waals surface area (Å²) in [6, 6.07) is 3.14. The van der Waals surface area contributed by atoms with Crippen molar-refractivity contribution in [2.45, 2.75) is 38.2 Å². The monoisotopic (exact) mass is 298 g/mol. The first-order chi connectivity index (χ1) is 9.65. The lowest BCUT2D eigenvalue weighted by atomic mass is 9.98. The summed E-state index contributed by atoms with van der Waals surface area (Å²) in [5.74, 6) is 0.520. The first kappa shape index (κ1) is 15.0. The topological polar surface area (TPSA) is 44.8 Å². The van der Waals surface area contributed by atoms with Crippen molar-refractivity contribution in [2.75, 3.05) is 14.2 Å². The molecule has 4 nitrogen and oxygen atoms in total. The van der Waals surface area contributed by atoms with E-state index in [0.717, 1.165) is 12.8 Å². The van der Waals surface area contributed by atoms with Gasteiger partial charge in [-0.05, 0) is 37.8 Å². The minimum Gasteiger partial charge on any atom is -0.493 e. The third kappa shape index (κ3) is 3.37. The van der Waals surface area contributed by atoms with E-state index in [-0.39, 0.29) is 6.10 Å². The van der Waals surface area contributed by atoms with E-state index in [1.165, 1.54) is 33.5 Å². The number of methoxy groups -OCH3 is 2. The van der Waals surface area contributed by atoms with E-state index in [4.69, 9.17) is 21.1 Å². The van der Waals surface area contributed by atoms with E-state index < -0.39 is 5.97 Å². The van der Waals surface area contributed by atoms with Gasteiger partial charge in [0.1, 0.15) is 0 Å². The molecule has 0 N–H and O–H groups in total. The molecule has 0 spiro atoms. The van der Waals surface area contributed by atoms with Gasteiger partial charge in [-0.15, -0.1) is 0 Å². The summed E-state index contributed by atoms with van der Waals surface area (Å²) in [6.07, 6.45) is 5.82. The van der Waals surface area contributed by atoms with Crippen LogP contribution in [0.15, 0.2) is 12.1 Å². The average molecular weight is 299 g/mol. The number of hydrogen-bond donors (Lipinski definition) is 0. The molecule has 0 amide bonds. The van der Waals surface area contributed by atoms with Gasteiger partial charge in [0.05, 0.1) is 30.9 Å². The smallest absolute Gasteiger partial charge is 0.338 e. The Hall–Kier alpha value is -1.42. The van der Waals surface area contributed by atoms with Gasteiger partial charge in [0.15, 0.2) is 11.5 Å². The van der Waals surface area contributed by atoms with Crippen molar-refractivity contribution in [3.8, 4) is 11.5 Å². The molecular formula is C15H19ClO4. The zero-order chi connectivity index (χ0) is 14.5. The van der Waals surface area contributed by atoms with Crippen LogP contribution in [0.1, 0.15) is 42.5 Å². The van der Waals surface area contributed by atoms with Crippen molar-refractivity contribution in [1.82, 2.24) is 0 Å². The summed E-state index contributed by atoms with van der Waals surface area (Å²) in [7, 11) is 2.86. The Labute approximate surface area is 124 Å². The van der Waals surface area contributed by atoms with E-state index in [0.29, 0.717) is 22.1 Å². The molecule has 110 valence electrons. The highest BCUT2D eigenvalue weighted by Crippen LogP contribution is 2.38. The Kier molecular flexibility index (Phi) is 5.12. The van der Waals surface area contributed by atoms with E-state index >= 15 is 0 Å². The van der Waals surface area contributed by atoms with Gasteiger partial charge in [-0.1, -0.05) is 18.0 Å². The van der Waals surface area contributed by atoms with Crippen LogP contribution in [0.25, 0.3) is 0 Å². The molecule has 0 atom stereocenters. The molecule has 1 aromatic rings. The van der Waals surface area contributed by atoms with Crippen molar-refractivity contribution in [2.24, 2.45) is 0 Å². The SMILES string of the molecule is COC(=O)c1cc(Cl)c(OC2CCCCC2)c(OC)c1. The standard InChI is InChI=1S/C15H19ClO4/c1-18-13-9-10(15(17)19-2)8-12(16)14(13)20-11-6-4-3-5-7-11/h8-9,11H,3-7H2,1-2H3. The van der Waals surface area contributed by atoms with E-state index in [9.17, 15) is 4.79 Å². The third-order valence-corrected chi connectivity index (χ3v) is 3.77. The average Bonchev–Trinajstić information content (AvgIpc) is 2.49. The fourth-order valence-electron chi connectivity index (χ4n) is 2.42. The quantitative estimate of drug-likeness (QED) is 0.792. The molecule has 1 aliphatic rings. The summed E-state index contributed by atoms with van der Waals surface area (Å²) in [5.41, 5.74) is 0.352. The second-order valence-electron chi connectivity index (χ2n) is 4.86. The van der Waals surface area contributed by atoms with Crippen LogP contribution in [-0.4, -0.2) is 26.3 Å². The number of halogens is 1. The molecule has 0 unspecified atom stereocenters. The highest BCUT2D eigenvalue weighted by molar-refractivity contribution is 6.32. The van der Waals surface area contributed by atoms with Gasteiger partial charge in [0.2, 0.25) is 0 Å². The van der Waals surface area contributed by atoms with Gasteiger partial charge < -0.3 is 14.2 Å². The van der Waals surface area contributed by atoms with E-state index in [1.807, 2.05) is 0 Å². The predicted octanol–water partition coefficient (Wildman–Crippen LogP) is 3.85. The molecule has 2 rings (SSSR count). The van der Waals surface area contributed by atoms with Crippen LogP contribution >= 0.6 is 11.6 Å². The second-order valence-corrected chi connectivity index (χ2v) is 5.27. The summed E-state index contributed by atoms with van der Waals surface area (Å²) in [6.45, 7) is 0. The molecular weight excluding hydrogens is 280 g/mol. The van der Waals surface area contributed by atoms with Crippen LogP contribution in [0, 0.1) is 0 Å². The van der Waals surface area contributed by atoms with Crippen molar-refractivity contribution in [1.29, 1.82) is 0 Å². The summed E-state index contributed by atoms with van der Waals surface area (Å²) in [5, 5.41) is 0.371. The van der Waals surface area contributed by atoms with Gasteiger partial charge in [-0.25, -0.2) is 4.79 Å². The first-order valence-corrected chi connectivity index (χ1v) is 7.16. The molecule has 1 aromatic carbocycles. The number of ether oxygens (including phenoxy) is 3. The van der Waals surface area contributed by atoms with Crippen molar-refractivity contribution < 1.29 is 19.0 Å². The lowest BCUT2D eigenvalue weighted by Gasteiger charge is -2.24. The Balaban J connectivity index is 2.25. The largest absolute Gasteiger partial charge is 0.493 e. The van der Waals surface area contributed by atoms with Gasteiger partial charge in [0.25, 0.3) is 0 Å². The molecule has 0 bridgehead atoms. The maximum atomic E-state index is 11.6. The Bertz CT molecular complexity index is 481. The van der Waals surface area contributed by atoms with Crippen molar-refractivity contribution >= 4 is 17.6 Å². The molecule has 0 aliphatic heterocycles. The molecule has 0 radical (unpaired) electrons. The summed E-state index contributed by atoms with van der Waals surface area (Å²) in [4.78, 5) is 11.6. The zero-order valence-corrected chi connectivity index (χ0v) is 12.5. The molecule has 0 aromatic heterocycles. The van der Waals surface area contributed by atoms with E-state index in [1.54, 1.807) is 12.1 Å². The first-order valence-electron chi connectivity index (χ1n) is 6.78. The number of rotatable bonds is 4. The number of benzene rings is 1. The van der Waals surface area contributed by atoms with Crippen LogP contribution in [0.5, 0.6) is 11.5 Å². The predicted molar refractivity (Wildman–Crippen MR) is 76.8 cm³/mol. The summed E-state index contributed by atoms with van der Waals surface area (Å²) >= 11 is 6.22. The van der Waals surface area contributed by atoms with Gasteiger partial charge in [-0.2, -0.15) is 0 Å². The summed E-state index contributed by atoms with van der Waals surface area (Å²) < 4.78 is 15.9. The number of carbonyl (C=O) groups excluding carboxylic acids is 1. The fraction of sp³-hybridized carbons (Fsp3) is 0.533. The van der Waals surface area contributed by atoms with Crippen LogP contribution in [0.3, 0.4) is 0 Å². The molecule has 5 heteroatoms. The normalized spacial score (nSPS) is 15.8. The number of carbonyl (C=O) groups is 1. The van der Waals surface area contributed by atoms with Crippen molar-refractivity contribution in [3.05, 3.63) is 22.7 Å². The van der Waals surface area contributed by atoms with Crippen molar-refractivity contribution in [3.63, 3.8) is 0 Å². The minimum atomic E-state index is -0.450. The molecule has 1 fully saturated rings. The molecule has 0 saturated heterocycles. The molecule has 0 heterocycles. The Morgan fingerprint density at radius 3 is 2.50 bits per heavy atom. The Morgan fingerprint density at radius 1 is 1.20 bits per heavy atom. The minimum absolute atomic E-state index is 0.166. The second kappa shape index (κ2) is 6.84. The van der Waals surface area contributed by atoms with Crippen LogP contribution in [-0.2, 0) is 4.74 Å². The maximum absolute atomic E-state index is 11.6. The fourth-order valence-corrected chi connectivity index (χ4v) is 2.67. The number of esters is 1. The zero-order valence-electron chi connectivity index (χ0n) is 11.8. The van der Waals surface area contributed by atoms with Crippen LogP contribution < -0.4 is 9.47 Å².